The molecule has 0 bridgehead atoms. The van der Waals surface area contributed by atoms with Gasteiger partial charge in [-0.15, -0.1) is 0 Å². The molecule has 0 aromatic heterocycles. The number of hydrogen-bond donors (Lipinski definition) is 3. The van der Waals surface area contributed by atoms with Crippen LogP contribution in [-0.4, -0.2) is 11.9 Å². The van der Waals surface area contributed by atoms with Crippen molar-refractivity contribution in [2.45, 2.75) is 32.9 Å². The van der Waals surface area contributed by atoms with E-state index in [2.05, 4.69) is 19.2 Å². The van der Waals surface area contributed by atoms with Crippen LogP contribution in [0.15, 0.2) is 24.3 Å². The molecule has 1 atom stereocenters. The van der Waals surface area contributed by atoms with Gasteiger partial charge in [0.2, 0.25) is 0 Å². The van der Waals surface area contributed by atoms with Crippen LogP contribution < -0.4 is 11.1 Å². The second-order valence-corrected chi connectivity index (χ2v) is 3.80. The standard InChI is InChI=1S/C12H19N3/c1-3-9(2)15-8-10-4-6-11(7-5-10)12(13)14/h4-7,9,15H,3,8H2,1-2H3,(H3,13,14). The van der Waals surface area contributed by atoms with E-state index in [1.165, 1.54) is 5.56 Å². The molecule has 3 nitrogen and oxygen atoms in total. The third-order valence-corrected chi connectivity index (χ3v) is 2.53. The van der Waals surface area contributed by atoms with Crippen LogP contribution in [0.25, 0.3) is 0 Å². The first-order chi connectivity index (χ1) is 7.13. The van der Waals surface area contributed by atoms with Gasteiger partial charge in [0.05, 0.1) is 0 Å². The molecule has 82 valence electrons. The number of hydrogen-bond acceptors (Lipinski definition) is 2. The minimum atomic E-state index is 0.122. The molecule has 0 amide bonds. The molecule has 0 aliphatic carbocycles. The SMILES string of the molecule is CCC(C)NCc1ccc(C(=N)N)cc1. The molecular formula is C12H19N3. The van der Waals surface area contributed by atoms with Crippen molar-refractivity contribution in [2.24, 2.45) is 5.73 Å². The van der Waals surface area contributed by atoms with E-state index in [1.807, 2.05) is 24.3 Å². The number of nitrogens with two attached hydrogens (primary N) is 1. The zero-order valence-electron chi connectivity index (χ0n) is 9.38. The highest BCUT2D eigenvalue weighted by molar-refractivity contribution is 5.94. The average Bonchev–Trinajstić information content (AvgIpc) is 2.26. The van der Waals surface area contributed by atoms with Crippen LogP contribution in [0, 0.1) is 5.41 Å². The van der Waals surface area contributed by atoms with Gasteiger partial charge >= 0.3 is 0 Å². The lowest BCUT2D eigenvalue weighted by atomic mass is 10.1. The summed E-state index contributed by atoms with van der Waals surface area (Å²) in [7, 11) is 0. The third-order valence-electron chi connectivity index (χ3n) is 2.53. The highest BCUT2D eigenvalue weighted by atomic mass is 14.9. The van der Waals surface area contributed by atoms with Crippen molar-refractivity contribution < 1.29 is 0 Å². The second-order valence-electron chi connectivity index (χ2n) is 3.80. The van der Waals surface area contributed by atoms with E-state index in [0.717, 1.165) is 18.5 Å². The Morgan fingerprint density at radius 1 is 1.40 bits per heavy atom. The molecule has 3 heteroatoms. The molecule has 0 saturated carbocycles. The Balaban J connectivity index is 2.53. The predicted molar refractivity (Wildman–Crippen MR) is 64.1 cm³/mol. The van der Waals surface area contributed by atoms with Crippen LogP contribution in [0.5, 0.6) is 0 Å². The Morgan fingerprint density at radius 2 is 2.00 bits per heavy atom. The van der Waals surface area contributed by atoms with Crippen molar-refractivity contribution in [2.75, 3.05) is 0 Å². The van der Waals surface area contributed by atoms with Crippen LogP contribution in [0.3, 0.4) is 0 Å². The Kier molecular flexibility index (Phi) is 4.31. The summed E-state index contributed by atoms with van der Waals surface area (Å²) in [5.41, 5.74) is 7.38. The average molecular weight is 205 g/mol. The van der Waals surface area contributed by atoms with E-state index < -0.39 is 0 Å². The van der Waals surface area contributed by atoms with E-state index >= 15 is 0 Å². The van der Waals surface area contributed by atoms with Crippen molar-refractivity contribution in [1.82, 2.24) is 5.32 Å². The van der Waals surface area contributed by atoms with Crippen molar-refractivity contribution in [1.29, 1.82) is 5.41 Å². The lowest BCUT2D eigenvalue weighted by molar-refractivity contribution is 0.534. The van der Waals surface area contributed by atoms with Gasteiger partial charge in [-0.3, -0.25) is 5.41 Å². The lowest BCUT2D eigenvalue weighted by Gasteiger charge is -2.11. The molecule has 0 spiro atoms. The molecule has 4 N–H and O–H groups in total. The van der Waals surface area contributed by atoms with Crippen LogP contribution in [-0.2, 0) is 6.54 Å². The predicted octanol–water partition coefficient (Wildman–Crippen LogP) is 1.86. The molecule has 1 aromatic carbocycles. The molecule has 0 radical (unpaired) electrons. The normalized spacial score (nSPS) is 12.4. The van der Waals surface area contributed by atoms with Gasteiger partial charge in [0.15, 0.2) is 0 Å². The van der Waals surface area contributed by atoms with E-state index in [0.29, 0.717) is 6.04 Å². The zero-order chi connectivity index (χ0) is 11.3. The topological polar surface area (TPSA) is 61.9 Å². The first-order valence-electron chi connectivity index (χ1n) is 5.30. The first kappa shape index (κ1) is 11.7. The maximum absolute atomic E-state index is 7.27. The summed E-state index contributed by atoms with van der Waals surface area (Å²) in [4.78, 5) is 0. The van der Waals surface area contributed by atoms with Crippen molar-refractivity contribution in [3.8, 4) is 0 Å². The summed E-state index contributed by atoms with van der Waals surface area (Å²) in [5.74, 6) is 0.122. The summed E-state index contributed by atoms with van der Waals surface area (Å²) in [6.45, 7) is 5.20. The van der Waals surface area contributed by atoms with E-state index in [9.17, 15) is 0 Å². The van der Waals surface area contributed by atoms with Gasteiger partial charge in [-0.2, -0.15) is 0 Å². The minimum absolute atomic E-state index is 0.122. The van der Waals surface area contributed by atoms with Crippen LogP contribution in [0.2, 0.25) is 0 Å². The number of benzene rings is 1. The van der Waals surface area contributed by atoms with Gasteiger partial charge in [0, 0.05) is 18.2 Å². The maximum atomic E-state index is 7.27. The summed E-state index contributed by atoms with van der Waals surface area (Å²) < 4.78 is 0. The summed E-state index contributed by atoms with van der Waals surface area (Å²) in [6.07, 6.45) is 1.13. The monoisotopic (exact) mass is 205 g/mol. The molecule has 1 rings (SSSR count). The third kappa shape index (κ3) is 3.72. The van der Waals surface area contributed by atoms with Crippen LogP contribution in [0.4, 0.5) is 0 Å². The molecular weight excluding hydrogens is 186 g/mol. The Hall–Kier alpha value is -1.35. The highest BCUT2D eigenvalue weighted by Gasteiger charge is 1.99. The largest absolute Gasteiger partial charge is 0.384 e. The molecule has 1 unspecified atom stereocenters. The number of nitrogen functional groups attached to an aromatic ring is 1. The van der Waals surface area contributed by atoms with Gasteiger partial charge < -0.3 is 11.1 Å². The fraction of sp³-hybridized carbons (Fsp3) is 0.417. The van der Waals surface area contributed by atoms with Gasteiger partial charge in [-0.05, 0) is 18.9 Å². The summed E-state index contributed by atoms with van der Waals surface area (Å²) in [6, 6.07) is 8.32. The molecule has 15 heavy (non-hydrogen) atoms. The van der Waals surface area contributed by atoms with Gasteiger partial charge in [-0.25, -0.2) is 0 Å². The highest BCUT2D eigenvalue weighted by Crippen LogP contribution is 2.04. The number of amidine groups is 1. The molecule has 0 aliphatic rings. The molecule has 0 heterocycles. The minimum Gasteiger partial charge on any atom is -0.384 e. The van der Waals surface area contributed by atoms with Crippen molar-refractivity contribution in [3.05, 3.63) is 35.4 Å². The summed E-state index contributed by atoms with van der Waals surface area (Å²) >= 11 is 0. The quantitative estimate of drug-likeness (QED) is 0.507. The van der Waals surface area contributed by atoms with Crippen LogP contribution in [0.1, 0.15) is 31.4 Å². The Morgan fingerprint density at radius 3 is 2.47 bits per heavy atom. The number of nitrogens with one attached hydrogen (secondary N) is 2. The smallest absolute Gasteiger partial charge is 0.122 e. The van der Waals surface area contributed by atoms with E-state index in [4.69, 9.17) is 11.1 Å². The number of rotatable bonds is 5. The fourth-order valence-corrected chi connectivity index (χ4v) is 1.24. The van der Waals surface area contributed by atoms with Crippen molar-refractivity contribution in [3.63, 3.8) is 0 Å². The van der Waals surface area contributed by atoms with E-state index in [-0.39, 0.29) is 5.84 Å². The van der Waals surface area contributed by atoms with Gasteiger partial charge in [0.25, 0.3) is 0 Å². The summed E-state index contributed by atoms with van der Waals surface area (Å²) in [5, 5.41) is 10.7. The van der Waals surface area contributed by atoms with Crippen LogP contribution >= 0.6 is 0 Å². The first-order valence-corrected chi connectivity index (χ1v) is 5.30. The Bertz CT molecular complexity index is 316. The fourth-order valence-electron chi connectivity index (χ4n) is 1.24. The lowest BCUT2D eigenvalue weighted by Crippen LogP contribution is -2.24. The van der Waals surface area contributed by atoms with Gasteiger partial charge in [0.1, 0.15) is 5.84 Å². The molecule has 1 aromatic rings. The zero-order valence-corrected chi connectivity index (χ0v) is 9.38. The van der Waals surface area contributed by atoms with Crippen molar-refractivity contribution >= 4 is 5.84 Å². The molecule has 0 fully saturated rings. The molecule has 0 saturated heterocycles. The maximum Gasteiger partial charge on any atom is 0.122 e. The second kappa shape index (κ2) is 5.51. The Labute approximate surface area is 91.2 Å². The van der Waals surface area contributed by atoms with E-state index in [1.54, 1.807) is 0 Å². The van der Waals surface area contributed by atoms with Gasteiger partial charge in [-0.1, -0.05) is 31.2 Å². The molecule has 0 aliphatic heterocycles.